The number of benzene rings is 1. The van der Waals surface area contributed by atoms with Gasteiger partial charge >= 0.3 is 0 Å². The molecule has 1 aromatic rings. The van der Waals surface area contributed by atoms with E-state index in [0.29, 0.717) is 17.9 Å². The number of fused-ring (bicyclic) bond motifs is 1. The van der Waals surface area contributed by atoms with Crippen molar-refractivity contribution in [2.24, 2.45) is 4.99 Å². The van der Waals surface area contributed by atoms with Gasteiger partial charge in [0.2, 0.25) is 5.91 Å². The Hall–Kier alpha value is -1.97. The molecule has 2 atom stereocenters. The Morgan fingerprint density at radius 1 is 1.28 bits per heavy atom. The van der Waals surface area contributed by atoms with Crippen LogP contribution in [0.1, 0.15) is 39.7 Å². The van der Waals surface area contributed by atoms with Crippen molar-refractivity contribution in [3.05, 3.63) is 29.8 Å². The van der Waals surface area contributed by atoms with Crippen LogP contribution in [-0.4, -0.2) is 69.0 Å². The van der Waals surface area contributed by atoms with Gasteiger partial charge in [-0.15, -0.1) is 0 Å². The summed E-state index contributed by atoms with van der Waals surface area (Å²) >= 11 is 0. The molecule has 1 amide bonds. The number of amides is 1. The summed E-state index contributed by atoms with van der Waals surface area (Å²) in [6.07, 6.45) is 0.532. The highest BCUT2D eigenvalue weighted by Gasteiger charge is 2.33. The van der Waals surface area contributed by atoms with Gasteiger partial charge in [0, 0.05) is 37.2 Å². The zero-order valence-electron chi connectivity index (χ0n) is 17.4. The van der Waals surface area contributed by atoms with E-state index in [1.165, 1.54) is 0 Å². The molecule has 0 unspecified atom stereocenters. The van der Waals surface area contributed by atoms with Crippen molar-refractivity contribution >= 4 is 21.8 Å². The molecule has 1 aromatic carbocycles. The highest BCUT2D eigenvalue weighted by molar-refractivity contribution is 7.90. The van der Waals surface area contributed by atoms with Gasteiger partial charge < -0.3 is 10.1 Å². The molecule has 0 bridgehead atoms. The molecule has 1 fully saturated rings. The van der Waals surface area contributed by atoms with Crippen LogP contribution in [0.2, 0.25) is 0 Å². The number of aliphatic imine (C=N–C) groups is 1. The topological polar surface area (TPSA) is 100 Å². The lowest BCUT2D eigenvalue weighted by Gasteiger charge is -2.45. The summed E-state index contributed by atoms with van der Waals surface area (Å²) in [5, 5.41) is 2.98. The minimum atomic E-state index is -3.55. The fourth-order valence-electron chi connectivity index (χ4n) is 3.71. The third kappa shape index (κ3) is 5.15. The maximum Gasteiger partial charge on any atom is 0.263 e. The molecule has 160 valence electrons. The van der Waals surface area contributed by atoms with E-state index < -0.39 is 10.0 Å². The van der Waals surface area contributed by atoms with Crippen LogP contribution in [0.15, 0.2) is 34.2 Å². The van der Waals surface area contributed by atoms with Crippen molar-refractivity contribution in [2.75, 3.05) is 26.2 Å². The summed E-state index contributed by atoms with van der Waals surface area (Å²) in [4.78, 5) is 19.1. The van der Waals surface area contributed by atoms with Crippen LogP contribution in [-0.2, 0) is 19.6 Å². The molecule has 9 heteroatoms. The standard InChI is InChI=1S/C20H30N4O4S/c1-14-11-24(12-15(2)28-14)20(3,4)13-22-18(25)9-10-21-19-16-7-5-6-8-17(16)29(26,27)23-19/h5-8,14-15H,9-13H2,1-4H3,(H,21,23)(H,22,25)/t14-,15-/m1/s1. The Morgan fingerprint density at radius 2 is 1.93 bits per heavy atom. The monoisotopic (exact) mass is 422 g/mol. The zero-order chi connectivity index (χ0) is 21.2. The molecule has 2 heterocycles. The van der Waals surface area contributed by atoms with Crippen molar-refractivity contribution in [3.63, 3.8) is 0 Å². The van der Waals surface area contributed by atoms with Gasteiger partial charge in [0.25, 0.3) is 10.0 Å². The first-order valence-electron chi connectivity index (χ1n) is 9.92. The highest BCUT2D eigenvalue weighted by atomic mass is 32.2. The Bertz CT molecular complexity index is 887. The average Bonchev–Trinajstić information content (AvgIpc) is 2.90. The van der Waals surface area contributed by atoms with E-state index in [1.54, 1.807) is 24.3 Å². The Labute approximate surface area is 172 Å². The Morgan fingerprint density at radius 3 is 2.62 bits per heavy atom. The summed E-state index contributed by atoms with van der Waals surface area (Å²) in [5.41, 5.74) is 0.359. The molecular formula is C20H30N4O4S. The zero-order valence-corrected chi connectivity index (χ0v) is 18.3. The van der Waals surface area contributed by atoms with Crippen molar-refractivity contribution in [3.8, 4) is 0 Å². The van der Waals surface area contributed by atoms with E-state index in [9.17, 15) is 13.2 Å². The number of carbonyl (C=O) groups excluding carboxylic acids is 1. The van der Waals surface area contributed by atoms with Gasteiger partial charge in [-0.05, 0) is 39.8 Å². The van der Waals surface area contributed by atoms with Gasteiger partial charge in [-0.1, -0.05) is 12.1 Å². The van der Waals surface area contributed by atoms with Gasteiger partial charge in [0.1, 0.15) is 5.84 Å². The van der Waals surface area contributed by atoms with E-state index in [1.807, 2.05) is 0 Å². The first kappa shape index (κ1) is 21.7. The maximum absolute atomic E-state index is 12.3. The third-order valence-electron chi connectivity index (χ3n) is 5.27. The van der Waals surface area contributed by atoms with Crippen LogP contribution in [0, 0.1) is 0 Å². The molecule has 1 saturated heterocycles. The Balaban J connectivity index is 1.51. The number of nitrogens with one attached hydrogen (secondary N) is 2. The Kier molecular flexibility index (Phi) is 6.30. The predicted octanol–water partition coefficient (Wildman–Crippen LogP) is 1.12. The van der Waals surface area contributed by atoms with Crippen molar-refractivity contribution in [1.82, 2.24) is 14.9 Å². The number of morpholine rings is 1. The van der Waals surface area contributed by atoms with Crippen molar-refractivity contribution < 1.29 is 17.9 Å². The summed E-state index contributed by atoms with van der Waals surface area (Å²) in [6, 6.07) is 6.69. The van der Waals surface area contributed by atoms with Crippen LogP contribution >= 0.6 is 0 Å². The van der Waals surface area contributed by atoms with E-state index in [-0.39, 0.29) is 41.5 Å². The van der Waals surface area contributed by atoms with E-state index in [2.05, 4.69) is 47.6 Å². The maximum atomic E-state index is 12.3. The molecule has 3 rings (SSSR count). The molecule has 2 N–H and O–H groups in total. The largest absolute Gasteiger partial charge is 0.373 e. The lowest BCUT2D eigenvalue weighted by Crippen LogP contribution is -2.58. The van der Waals surface area contributed by atoms with Crippen LogP contribution < -0.4 is 10.0 Å². The summed E-state index contributed by atoms with van der Waals surface area (Å²) in [7, 11) is -3.55. The molecule has 0 spiro atoms. The highest BCUT2D eigenvalue weighted by Crippen LogP contribution is 2.22. The lowest BCUT2D eigenvalue weighted by molar-refractivity contribution is -0.122. The number of carbonyl (C=O) groups is 1. The summed E-state index contributed by atoms with van der Waals surface area (Å²) in [6.45, 7) is 10.8. The molecule has 8 nitrogen and oxygen atoms in total. The third-order valence-corrected chi connectivity index (χ3v) is 6.66. The number of hydrogen-bond donors (Lipinski definition) is 2. The summed E-state index contributed by atoms with van der Waals surface area (Å²) < 4.78 is 32.4. The fraction of sp³-hybridized carbons (Fsp3) is 0.600. The second-order valence-corrected chi connectivity index (χ2v) is 9.98. The normalized spacial score (nSPS) is 25.4. The van der Waals surface area contributed by atoms with Crippen LogP contribution in [0.25, 0.3) is 0 Å². The van der Waals surface area contributed by atoms with Crippen molar-refractivity contribution in [1.29, 1.82) is 0 Å². The van der Waals surface area contributed by atoms with E-state index in [4.69, 9.17) is 4.74 Å². The molecular weight excluding hydrogens is 392 g/mol. The van der Waals surface area contributed by atoms with Crippen molar-refractivity contribution in [2.45, 2.75) is 56.8 Å². The quantitative estimate of drug-likeness (QED) is 0.716. The molecule has 0 radical (unpaired) electrons. The minimum absolute atomic E-state index is 0.106. The van der Waals surface area contributed by atoms with E-state index >= 15 is 0 Å². The van der Waals surface area contributed by atoms with Crippen LogP contribution in [0.3, 0.4) is 0 Å². The van der Waals surface area contributed by atoms with Gasteiger partial charge in [-0.2, -0.15) is 0 Å². The smallest absolute Gasteiger partial charge is 0.263 e. The molecule has 0 aromatic heterocycles. The van der Waals surface area contributed by atoms with Gasteiger partial charge in [0.05, 0.1) is 23.6 Å². The molecule has 2 aliphatic rings. The molecule has 2 aliphatic heterocycles. The van der Waals surface area contributed by atoms with Crippen LogP contribution in [0.5, 0.6) is 0 Å². The number of hydrogen-bond acceptors (Lipinski definition) is 6. The van der Waals surface area contributed by atoms with Gasteiger partial charge in [0.15, 0.2) is 0 Å². The minimum Gasteiger partial charge on any atom is -0.373 e. The number of nitrogens with zero attached hydrogens (tertiary/aromatic N) is 2. The second kappa shape index (κ2) is 8.41. The molecule has 0 saturated carbocycles. The first-order valence-corrected chi connectivity index (χ1v) is 11.4. The van der Waals surface area contributed by atoms with Crippen LogP contribution in [0.4, 0.5) is 0 Å². The number of ether oxygens (including phenoxy) is 1. The lowest BCUT2D eigenvalue weighted by atomic mass is 10.00. The van der Waals surface area contributed by atoms with Gasteiger partial charge in [-0.3, -0.25) is 19.4 Å². The second-order valence-electron chi connectivity index (χ2n) is 8.33. The number of rotatable bonds is 6. The number of sulfonamides is 1. The molecule has 0 aliphatic carbocycles. The van der Waals surface area contributed by atoms with E-state index in [0.717, 1.165) is 13.1 Å². The SMILES string of the molecule is C[C@@H]1CN(C(C)(C)CNC(=O)CCN=C2NS(=O)(=O)c3ccccc32)C[C@@H](C)O1. The summed E-state index contributed by atoms with van der Waals surface area (Å²) in [5.74, 6) is 0.191. The fourth-order valence-corrected chi connectivity index (χ4v) is 4.96. The average molecular weight is 423 g/mol. The first-order chi connectivity index (χ1) is 13.6. The van der Waals surface area contributed by atoms with Gasteiger partial charge in [-0.25, -0.2) is 8.42 Å². The number of amidine groups is 1. The molecule has 29 heavy (non-hydrogen) atoms. The predicted molar refractivity (Wildman–Crippen MR) is 111 cm³/mol.